The molecule has 0 bridgehead atoms. The molecule has 12 nitrogen and oxygen atoms in total. The highest BCUT2D eigenvalue weighted by molar-refractivity contribution is 6.67. The summed E-state index contributed by atoms with van der Waals surface area (Å²) in [6.07, 6.45) is 2.17. The van der Waals surface area contributed by atoms with Crippen LogP contribution in [0, 0.1) is 16.2 Å². The number of carbonyl (C=O) groups excluding carboxylic acids is 2. The Labute approximate surface area is 161 Å². The fourth-order valence-electron chi connectivity index (χ4n) is 1.63. The van der Waals surface area contributed by atoms with Crippen molar-refractivity contribution in [1.82, 2.24) is 0 Å². The molecule has 12 N–H and O–H groups in total. The number of hydrogen-bond donors (Lipinski definition) is 8. The van der Waals surface area contributed by atoms with Gasteiger partial charge in [0.25, 0.3) is 5.91 Å². The average molecular weight is 388 g/mol. The van der Waals surface area contributed by atoms with Crippen LogP contribution in [0.3, 0.4) is 0 Å². The largest absolute Gasteiger partial charge is 0.399 e. The highest BCUT2D eigenvalue weighted by atomic mass is 16.1. The zero-order valence-electron chi connectivity index (χ0n) is 15.3. The van der Waals surface area contributed by atoms with E-state index in [9.17, 15) is 9.59 Å². The van der Waals surface area contributed by atoms with Gasteiger partial charge in [-0.1, -0.05) is 6.92 Å². The number of benzene rings is 1. The third kappa shape index (κ3) is 8.84. The Hall–Kier alpha value is -4.09. The van der Waals surface area contributed by atoms with Gasteiger partial charge in [0.05, 0.1) is 0 Å². The van der Waals surface area contributed by atoms with E-state index in [2.05, 4.69) is 15.3 Å². The van der Waals surface area contributed by atoms with Crippen molar-refractivity contribution in [3.8, 4) is 0 Å². The Balaban J connectivity index is 0.00000165. The van der Waals surface area contributed by atoms with Crippen LogP contribution in [0.1, 0.15) is 13.3 Å². The van der Waals surface area contributed by atoms with Crippen molar-refractivity contribution in [2.45, 2.75) is 19.4 Å². The molecule has 0 radical (unpaired) electrons. The van der Waals surface area contributed by atoms with Crippen LogP contribution in [-0.4, -0.2) is 47.8 Å². The maximum atomic E-state index is 11.3. The van der Waals surface area contributed by atoms with Crippen LogP contribution in [0.25, 0.3) is 0 Å². The lowest BCUT2D eigenvalue weighted by Crippen LogP contribution is -2.36. The molecule has 0 aliphatic heterocycles. The molecule has 0 unspecified atom stereocenters. The molecule has 1 rings (SSSR count). The topological polar surface area (TPSA) is 247 Å². The minimum absolute atomic E-state index is 0.215. The molecule has 0 aromatic heterocycles. The Bertz CT molecular complexity index is 777. The van der Waals surface area contributed by atoms with Gasteiger partial charge in [-0.2, -0.15) is 4.99 Å². The van der Waals surface area contributed by atoms with Crippen LogP contribution in [0.2, 0.25) is 0 Å². The highest BCUT2D eigenvalue weighted by Crippen LogP contribution is 2.10. The SMILES string of the molecule is CC[C@@H](N=C(N)N=C(Nc1ccc(N)cc1)C(=N)C(N)=O)C(N)=O.N=CC=N. The zero-order chi connectivity index (χ0) is 21.7. The monoisotopic (exact) mass is 388 g/mol. The lowest BCUT2D eigenvalue weighted by Gasteiger charge is -2.10. The van der Waals surface area contributed by atoms with Crippen LogP contribution in [0.15, 0.2) is 34.3 Å². The van der Waals surface area contributed by atoms with Gasteiger partial charge in [-0.05, 0) is 30.7 Å². The molecule has 0 saturated heterocycles. The molecule has 0 fully saturated rings. The number of anilines is 2. The van der Waals surface area contributed by atoms with Gasteiger partial charge < -0.3 is 39.1 Å². The van der Waals surface area contributed by atoms with Crippen molar-refractivity contribution in [1.29, 1.82) is 16.2 Å². The number of nitrogen functional groups attached to an aromatic ring is 1. The van der Waals surface area contributed by atoms with Crippen molar-refractivity contribution >= 4 is 53.1 Å². The molecule has 150 valence electrons. The van der Waals surface area contributed by atoms with Gasteiger partial charge in [-0.15, -0.1) is 0 Å². The van der Waals surface area contributed by atoms with Crippen LogP contribution < -0.4 is 28.3 Å². The predicted octanol–water partition coefficient (Wildman–Crippen LogP) is -0.552. The van der Waals surface area contributed by atoms with E-state index in [0.29, 0.717) is 17.8 Å². The first-order valence-corrected chi connectivity index (χ1v) is 7.88. The van der Waals surface area contributed by atoms with E-state index in [1.807, 2.05) is 0 Å². The second-order valence-corrected chi connectivity index (χ2v) is 5.09. The van der Waals surface area contributed by atoms with E-state index >= 15 is 0 Å². The Morgan fingerprint density at radius 2 is 1.68 bits per heavy atom. The van der Waals surface area contributed by atoms with Gasteiger partial charge in [-0.25, -0.2) is 4.99 Å². The normalized spacial score (nSPS) is 12.0. The van der Waals surface area contributed by atoms with E-state index in [1.54, 1.807) is 31.2 Å². The van der Waals surface area contributed by atoms with Crippen LogP contribution in [0.4, 0.5) is 11.4 Å². The molecule has 0 aliphatic rings. The van der Waals surface area contributed by atoms with Gasteiger partial charge >= 0.3 is 0 Å². The van der Waals surface area contributed by atoms with Gasteiger partial charge in [0.2, 0.25) is 11.9 Å². The van der Waals surface area contributed by atoms with Crippen molar-refractivity contribution in [2.75, 3.05) is 11.1 Å². The van der Waals surface area contributed by atoms with E-state index in [0.717, 1.165) is 12.4 Å². The smallest absolute Gasteiger partial charge is 0.270 e. The van der Waals surface area contributed by atoms with Gasteiger partial charge in [0.1, 0.15) is 6.04 Å². The fourth-order valence-corrected chi connectivity index (χ4v) is 1.63. The molecule has 0 heterocycles. The molecular weight excluding hydrogens is 364 g/mol. The van der Waals surface area contributed by atoms with E-state index < -0.39 is 23.6 Å². The number of nitrogens with zero attached hydrogens (tertiary/aromatic N) is 2. The summed E-state index contributed by atoms with van der Waals surface area (Å²) in [5.41, 5.74) is 22.0. The molecule has 0 spiro atoms. The quantitative estimate of drug-likeness (QED) is 0.173. The maximum absolute atomic E-state index is 11.3. The second-order valence-electron chi connectivity index (χ2n) is 5.09. The maximum Gasteiger partial charge on any atom is 0.270 e. The number of aliphatic imine (C=N–C) groups is 2. The molecule has 12 heteroatoms. The van der Waals surface area contributed by atoms with Gasteiger partial charge in [-0.3, -0.25) is 15.0 Å². The highest BCUT2D eigenvalue weighted by Gasteiger charge is 2.16. The summed E-state index contributed by atoms with van der Waals surface area (Å²) in [6.45, 7) is 1.70. The standard InChI is InChI=1S/C14H20N8O2.C2H4N2/c1-2-9(11(17)23)21-14(19)22-13(10(16)12(18)24)20-8-5-3-7(15)4-6-8;3-1-2-4/h3-6,9,16H,2,15H2,1H3,(H2,17,23)(H2,18,24)(H3,19,20,21,22);1-4H/t9-;/m1./s1. The Morgan fingerprint density at radius 3 is 2.07 bits per heavy atom. The summed E-state index contributed by atoms with van der Waals surface area (Å²) in [7, 11) is 0. The summed E-state index contributed by atoms with van der Waals surface area (Å²) in [5, 5.41) is 22.6. The summed E-state index contributed by atoms with van der Waals surface area (Å²) >= 11 is 0. The van der Waals surface area contributed by atoms with E-state index in [1.165, 1.54) is 0 Å². The molecule has 1 aromatic carbocycles. The summed E-state index contributed by atoms with van der Waals surface area (Å²) in [5.74, 6) is -2.20. The summed E-state index contributed by atoms with van der Waals surface area (Å²) in [4.78, 5) is 30.1. The number of nitrogens with one attached hydrogen (secondary N) is 4. The summed E-state index contributed by atoms with van der Waals surface area (Å²) in [6, 6.07) is 5.61. The predicted molar refractivity (Wildman–Crippen MR) is 111 cm³/mol. The third-order valence-corrected chi connectivity index (χ3v) is 2.97. The lowest BCUT2D eigenvalue weighted by molar-refractivity contribution is -0.119. The minimum Gasteiger partial charge on any atom is -0.399 e. The number of nitrogens with two attached hydrogens (primary N) is 4. The molecule has 28 heavy (non-hydrogen) atoms. The van der Waals surface area contributed by atoms with Crippen molar-refractivity contribution in [2.24, 2.45) is 27.2 Å². The van der Waals surface area contributed by atoms with Gasteiger partial charge in [0.15, 0.2) is 11.5 Å². The fraction of sp³-hybridized carbons (Fsp3) is 0.188. The number of amidine groups is 1. The third-order valence-electron chi connectivity index (χ3n) is 2.97. The lowest BCUT2D eigenvalue weighted by atomic mass is 10.2. The second kappa shape index (κ2) is 12.3. The van der Waals surface area contributed by atoms with Crippen molar-refractivity contribution < 1.29 is 9.59 Å². The number of primary amides is 2. The number of carbonyl (C=O) groups is 2. The molecule has 0 aliphatic carbocycles. The number of amides is 2. The first-order chi connectivity index (χ1) is 13.2. The Kier molecular flexibility index (Phi) is 10.5. The molecular formula is C16H24N10O2. The van der Waals surface area contributed by atoms with Crippen molar-refractivity contribution in [3.05, 3.63) is 24.3 Å². The zero-order valence-corrected chi connectivity index (χ0v) is 15.3. The first kappa shape index (κ1) is 23.9. The summed E-state index contributed by atoms with van der Waals surface area (Å²) < 4.78 is 0. The molecule has 1 aromatic rings. The average Bonchev–Trinajstić information content (AvgIpc) is 2.66. The van der Waals surface area contributed by atoms with E-state index in [-0.39, 0.29) is 11.8 Å². The first-order valence-electron chi connectivity index (χ1n) is 7.88. The number of hydrogen-bond acceptors (Lipinski definition) is 7. The molecule has 1 atom stereocenters. The van der Waals surface area contributed by atoms with Crippen LogP contribution in [0.5, 0.6) is 0 Å². The molecule has 2 amide bonds. The van der Waals surface area contributed by atoms with Gasteiger partial charge in [0, 0.05) is 23.8 Å². The van der Waals surface area contributed by atoms with Crippen LogP contribution >= 0.6 is 0 Å². The Morgan fingerprint density at radius 1 is 1.14 bits per heavy atom. The van der Waals surface area contributed by atoms with Crippen LogP contribution in [-0.2, 0) is 9.59 Å². The van der Waals surface area contributed by atoms with Crippen molar-refractivity contribution in [3.63, 3.8) is 0 Å². The minimum atomic E-state index is -1.01. The number of rotatable bonds is 7. The molecule has 0 saturated carbocycles. The van der Waals surface area contributed by atoms with E-state index in [4.69, 9.17) is 39.2 Å². The number of guanidine groups is 1.